The van der Waals surface area contributed by atoms with Crippen LogP contribution in [0.1, 0.15) is 57.7 Å². The van der Waals surface area contributed by atoms with Crippen molar-refractivity contribution in [2.45, 2.75) is 63.8 Å². The lowest BCUT2D eigenvalue weighted by Gasteiger charge is -2.37. The van der Waals surface area contributed by atoms with Gasteiger partial charge in [0.15, 0.2) is 0 Å². The highest BCUT2D eigenvalue weighted by Gasteiger charge is 2.43. The molecule has 0 radical (unpaired) electrons. The molecule has 1 aliphatic rings. The molecule has 1 heterocycles. The largest absolute Gasteiger partial charge is 0.355 e. The molecule has 0 amide bonds. The topological polar surface area (TPSA) is 70.5 Å². The standard InChI is InChI=1S/C28H33F4N5O/c1-17(2)24(25(36-38)28(37(6)7)12-8-9-13-28)18(3)35-21-11-10-19(26(4,29)30)14-20(21)22-15-23(27(5,31)32)34-16-33-22/h10-11,14-16,35H,1,3,8-9,12-13H2,2,4-7H3/b25-24-. The fraction of sp³-hybridized carbons (Fsp3) is 0.429. The van der Waals surface area contributed by atoms with Gasteiger partial charge in [0.1, 0.15) is 17.7 Å². The Morgan fingerprint density at radius 1 is 1.05 bits per heavy atom. The summed E-state index contributed by atoms with van der Waals surface area (Å²) in [6.07, 6.45) is 4.27. The van der Waals surface area contributed by atoms with Crippen molar-refractivity contribution in [2.24, 2.45) is 5.18 Å². The maximum Gasteiger partial charge on any atom is 0.287 e. The summed E-state index contributed by atoms with van der Waals surface area (Å²) in [6.45, 7) is 11.3. The summed E-state index contributed by atoms with van der Waals surface area (Å²) < 4.78 is 56.5. The minimum absolute atomic E-state index is 0.0214. The van der Waals surface area contributed by atoms with Crippen molar-refractivity contribution >= 4 is 5.69 Å². The number of rotatable bonds is 10. The Bertz CT molecular complexity index is 1270. The molecule has 10 heteroatoms. The summed E-state index contributed by atoms with van der Waals surface area (Å²) in [4.78, 5) is 22.0. The number of hydrogen-bond acceptors (Lipinski definition) is 6. The molecule has 0 unspecified atom stereocenters. The number of halogens is 4. The molecular weight excluding hydrogens is 498 g/mol. The van der Waals surface area contributed by atoms with Gasteiger partial charge in [-0.3, -0.25) is 4.90 Å². The minimum atomic E-state index is -3.26. The van der Waals surface area contributed by atoms with E-state index < -0.39 is 23.1 Å². The predicted octanol–water partition coefficient (Wildman–Crippen LogP) is 7.76. The Labute approximate surface area is 220 Å². The number of nitrogens with one attached hydrogen (secondary N) is 1. The van der Waals surface area contributed by atoms with E-state index in [1.807, 2.05) is 19.0 Å². The van der Waals surface area contributed by atoms with E-state index in [2.05, 4.69) is 33.6 Å². The molecule has 1 aromatic carbocycles. The first-order valence-electron chi connectivity index (χ1n) is 12.2. The van der Waals surface area contributed by atoms with Crippen LogP contribution in [0.25, 0.3) is 11.3 Å². The molecule has 1 fully saturated rings. The van der Waals surface area contributed by atoms with Crippen molar-refractivity contribution in [1.29, 1.82) is 0 Å². The molecule has 2 aromatic rings. The fourth-order valence-electron chi connectivity index (χ4n) is 4.93. The lowest BCUT2D eigenvalue weighted by atomic mass is 9.86. The molecule has 0 bridgehead atoms. The molecule has 204 valence electrons. The smallest absolute Gasteiger partial charge is 0.287 e. The van der Waals surface area contributed by atoms with Crippen molar-refractivity contribution < 1.29 is 17.6 Å². The Morgan fingerprint density at radius 2 is 1.68 bits per heavy atom. The number of aromatic nitrogens is 2. The average Bonchev–Trinajstić information content (AvgIpc) is 3.32. The Hall–Kier alpha value is -3.40. The summed E-state index contributed by atoms with van der Waals surface area (Å²) in [5, 5.41) is 6.53. The monoisotopic (exact) mass is 531 g/mol. The quantitative estimate of drug-likeness (QED) is 0.193. The number of anilines is 1. The molecule has 1 saturated carbocycles. The number of allylic oxidation sites excluding steroid dienone is 1. The van der Waals surface area contributed by atoms with Gasteiger partial charge in [0.25, 0.3) is 11.8 Å². The summed E-state index contributed by atoms with van der Waals surface area (Å²) in [7, 11) is 3.78. The van der Waals surface area contributed by atoms with Gasteiger partial charge < -0.3 is 5.32 Å². The van der Waals surface area contributed by atoms with E-state index in [9.17, 15) is 22.5 Å². The van der Waals surface area contributed by atoms with Crippen LogP contribution in [0.15, 0.2) is 71.5 Å². The third-order valence-corrected chi connectivity index (χ3v) is 6.99. The van der Waals surface area contributed by atoms with Crippen LogP contribution >= 0.6 is 0 Å². The minimum Gasteiger partial charge on any atom is -0.355 e. The Balaban J connectivity index is 2.18. The van der Waals surface area contributed by atoms with Gasteiger partial charge in [-0.05, 0) is 62.8 Å². The van der Waals surface area contributed by atoms with Gasteiger partial charge >= 0.3 is 0 Å². The van der Waals surface area contributed by atoms with Gasteiger partial charge in [-0.25, -0.2) is 18.7 Å². The Kier molecular flexibility index (Phi) is 8.26. The van der Waals surface area contributed by atoms with E-state index in [1.54, 1.807) is 6.92 Å². The number of hydrogen-bond donors (Lipinski definition) is 1. The van der Waals surface area contributed by atoms with E-state index in [0.717, 1.165) is 45.0 Å². The third-order valence-electron chi connectivity index (χ3n) is 6.99. The van der Waals surface area contributed by atoms with Crippen LogP contribution < -0.4 is 5.32 Å². The normalized spacial score (nSPS) is 16.3. The number of alkyl halides is 4. The molecule has 6 nitrogen and oxygen atoms in total. The summed E-state index contributed by atoms with van der Waals surface area (Å²) in [5.74, 6) is -6.45. The van der Waals surface area contributed by atoms with Gasteiger partial charge in [-0.15, -0.1) is 4.91 Å². The molecule has 0 aliphatic heterocycles. The lowest BCUT2D eigenvalue weighted by Crippen LogP contribution is -2.43. The molecule has 1 aromatic heterocycles. The number of nitrogens with zero attached hydrogens (tertiary/aromatic N) is 4. The van der Waals surface area contributed by atoms with Crippen molar-refractivity contribution in [3.63, 3.8) is 0 Å². The van der Waals surface area contributed by atoms with Crippen LogP contribution in [-0.2, 0) is 11.8 Å². The van der Waals surface area contributed by atoms with E-state index in [4.69, 9.17) is 0 Å². The number of likely N-dealkylation sites (N-methyl/N-ethyl adjacent to an activating group) is 1. The van der Waals surface area contributed by atoms with E-state index in [1.165, 1.54) is 18.2 Å². The second-order valence-corrected chi connectivity index (χ2v) is 10.2. The van der Waals surface area contributed by atoms with Gasteiger partial charge in [0.05, 0.1) is 11.2 Å². The zero-order valence-electron chi connectivity index (χ0n) is 22.3. The van der Waals surface area contributed by atoms with Gasteiger partial charge in [0.2, 0.25) is 0 Å². The molecule has 0 atom stereocenters. The SMILES string of the molecule is C=C(C)/C(C(=C)Nc1ccc(C(C)(F)F)cc1-c1cc(C(C)(F)F)ncn1)=C(/N=O)C1(N(C)C)CCCC1. The van der Waals surface area contributed by atoms with Crippen molar-refractivity contribution in [2.75, 3.05) is 19.4 Å². The van der Waals surface area contributed by atoms with E-state index in [0.29, 0.717) is 23.8 Å². The second-order valence-electron chi connectivity index (χ2n) is 10.2. The van der Waals surface area contributed by atoms with E-state index >= 15 is 0 Å². The summed E-state index contributed by atoms with van der Waals surface area (Å²) in [5.41, 5.74) is 0.489. The number of nitroso groups, excluding NO2 is 1. The zero-order valence-corrected chi connectivity index (χ0v) is 22.3. The Morgan fingerprint density at radius 3 is 2.18 bits per heavy atom. The number of benzene rings is 1. The van der Waals surface area contributed by atoms with Crippen molar-refractivity contribution in [1.82, 2.24) is 14.9 Å². The third kappa shape index (κ3) is 5.85. The summed E-state index contributed by atoms with van der Waals surface area (Å²) in [6, 6.07) is 4.89. The lowest BCUT2D eigenvalue weighted by molar-refractivity contribution is 0.0125. The maximum atomic E-state index is 14.2. The first kappa shape index (κ1) is 29.2. The van der Waals surface area contributed by atoms with Gasteiger partial charge in [0, 0.05) is 41.9 Å². The molecule has 0 spiro atoms. The fourth-order valence-corrected chi connectivity index (χ4v) is 4.93. The summed E-state index contributed by atoms with van der Waals surface area (Å²) >= 11 is 0. The average molecular weight is 532 g/mol. The van der Waals surface area contributed by atoms with Crippen LogP contribution in [-0.4, -0.2) is 34.5 Å². The highest BCUT2D eigenvalue weighted by Crippen LogP contribution is 2.44. The zero-order chi connectivity index (χ0) is 28.5. The highest BCUT2D eigenvalue weighted by atomic mass is 19.3. The second kappa shape index (κ2) is 10.8. The van der Waals surface area contributed by atoms with Gasteiger partial charge in [-0.2, -0.15) is 8.78 Å². The van der Waals surface area contributed by atoms with Crippen LogP contribution in [0.4, 0.5) is 23.2 Å². The van der Waals surface area contributed by atoms with Crippen LogP contribution in [0, 0.1) is 4.91 Å². The van der Waals surface area contributed by atoms with Crippen LogP contribution in [0.2, 0.25) is 0 Å². The molecule has 3 rings (SSSR count). The first-order valence-corrected chi connectivity index (χ1v) is 12.2. The maximum absolute atomic E-state index is 14.2. The van der Waals surface area contributed by atoms with Crippen LogP contribution in [0.5, 0.6) is 0 Å². The van der Waals surface area contributed by atoms with Crippen molar-refractivity contribution in [3.8, 4) is 11.3 Å². The molecule has 1 N–H and O–H groups in total. The van der Waals surface area contributed by atoms with E-state index in [-0.39, 0.29) is 28.2 Å². The molecule has 38 heavy (non-hydrogen) atoms. The van der Waals surface area contributed by atoms with Crippen LogP contribution in [0.3, 0.4) is 0 Å². The molecule has 1 aliphatic carbocycles. The predicted molar refractivity (Wildman–Crippen MR) is 142 cm³/mol. The molecule has 0 saturated heterocycles. The van der Waals surface area contributed by atoms with Gasteiger partial charge in [-0.1, -0.05) is 32.1 Å². The molecular formula is C28H33F4N5O. The first-order chi connectivity index (χ1) is 17.6. The highest BCUT2D eigenvalue weighted by molar-refractivity contribution is 5.79. The van der Waals surface area contributed by atoms with Crippen molar-refractivity contribution in [3.05, 3.63) is 82.5 Å².